The standard InChI is InChI=1S/C52H46B4N2O/c1-30-24-25-34-20-14-26-57-50(34)49(30)58-32(3)41(28-53)45-43(31(2)47(55)48(45)56)42(29-54)46-44(33-15-6-4-7-16-33)52(59-51(46)35-17-8-5-9-18-35)40-27-36-19-10-11-21-37(36)38-22-12-13-23-39(38)40/h4-27,31H,28-29,53-56H2,1-3H3/b43-42+,45-41-,58-32+. The molecule has 0 fully saturated rings. The van der Waals surface area contributed by atoms with Crippen molar-refractivity contribution in [2.24, 2.45) is 10.9 Å². The molecule has 59 heavy (non-hydrogen) atoms. The molecule has 1 atom stereocenters. The van der Waals surface area contributed by atoms with Gasteiger partial charge in [0.05, 0.1) is 11.2 Å². The minimum absolute atomic E-state index is 0.197. The molecule has 0 radical (unpaired) electrons. The Bertz CT molecular complexity index is 3070. The van der Waals surface area contributed by atoms with E-state index >= 15 is 0 Å². The molecule has 9 rings (SSSR count). The maximum Gasteiger partial charge on any atom is 0.143 e. The molecule has 0 spiro atoms. The topological polar surface area (TPSA) is 38.4 Å². The highest BCUT2D eigenvalue weighted by Crippen LogP contribution is 2.53. The molecule has 1 aliphatic rings. The van der Waals surface area contributed by atoms with Gasteiger partial charge in [-0.3, -0.25) is 9.98 Å². The fourth-order valence-corrected chi connectivity index (χ4v) is 9.50. The van der Waals surface area contributed by atoms with Crippen LogP contribution in [0.4, 0.5) is 5.69 Å². The van der Waals surface area contributed by atoms with Crippen LogP contribution in [-0.4, -0.2) is 42.1 Å². The molecule has 0 bridgehead atoms. The van der Waals surface area contributed by atoms with E-state index in [1.807, 2.05) is 12.3 Å². The minimum Gasteiger partial charge on any atom is -0.455 e. The first-order valence-electron chi connectivity index (χ1n) is 21.0. The van der Waals surface area contributed by atoms with Crippen LogP contribution in [0.15, 0.2) is 183 Å². The Morgan fingerprint density at radius 3 is 2.05 bits per heavy atom. The Labute approximate surface area is 351 Å². The predicted octanol–water partition coefficient (Wildman–Crippen LogP) is 10.5. The van der Waals surface area contributed by atoms with Crippen molar-refractivity contribution >= 4 is 80.8 Å². The molecule has 0 aliphatic heterocycles. The SMILES string of the molecule is BCC(/C(C)=N/c1c(C)ccc2cccnc12)=C1/C(B)=C(B)C(C)/C1=C(/CB)c1c(-c2ccccc2)oc(-c2cc3ccccc3c3ccccc23)c1-c1ccccc1. The first-order valence-corrected chi connectivity index (χ1v) is 21.0. The lowest BCUT2D eigenvalue weighted by molar-refractivity contribution is 0.598. The molecule has 2 heterocycles. The molecule has 1 aliphatic carbocycles. The van der Waals surface area contributed by atoms with E-state index in [1.54, 1.807) is 0 Å². The maximum absolute atomic E-state index is 7.47. The number of nitrogens with zero attached hydrogens (tertiary/aromatic N) is 2. The van der Waals surface area contributed by atoms with Gasteiger partial charge in [-0.05, 0) is 86.9 Å². The summed E-state index contributed by atoms with van der Waals surface area (Å²) in [4.78, 5) is 10.2. The Kier molecular flexibility index (Phi) is 10.2. The molecule has 1 unspecified atom stereocenters. The lowest BCUT2D eigenvalue weighted by atomic mass is 9.75. The number of aryl methyl sites for hydroxylation is 1. The van der Waals surface area contributed by atoms with Gasteiger partial charge in [-0.1, -0.05) is 152 Å². The van der Waals surface area contributed by atoms with Gasteiger partial charge in [0.25, 0.3) is 0 Å². The highest BCUT2D eigenvalue weighted by atomic mass is 16.3. The fraction of sp³-hybridized carbons (Fsp3) is 0.115. The molecular weight excluding hydrogens is 712 g/mol. The summed E-state index contributed by atoms with van der Waals surface area (Å²) in [6, 6.07) is 49.8. The molecule has 0 N–H and O–H groups in total. The van der Waals surface area contributed by atoms with E-state index in [1.165, 1.54) is 54.8 Å². The zero-order chi connectivity index (χ0) is 40.8. The lowest BCUT2D eigenvalue weighted by Gasteiger charge is -2.22. The molecular formula is C52H46B4N2O. The molecule has 282 valence electrons. The molecule has 6 aromatic carbocycles. The van der Waals surface area contributed by atoms with Gasteiger partial charge in [0.15, 0.2) is 0 Å². The van der Waals surface area contributed by atoms with Crippen LogP contribution >= 0.6 is 0 Å². The Balaban J connectivity index is 1.40. The second kappa shape index (κ2) is 15.8. The van der Waals surface area contributed by atoms with Gasteiger partial charge < -0.3 is 4.42 Å². The number of allylic oxidation sites excluding steroid dienone is 6. The van der Waals surface area contributed by atoms with E-state index in [2.05, 4.69) is 186 Å². The first-order chi connectivity index (χ1) is 28.8. The van der Waals surface area contributed by atoms with Crippen LogP contribution in [0.1, 0.15) is 25.0 Å². The predicted molar refractivity (Wildman–Crippen MR) is 263 cm³/mol. The van der Waals surface area contributed by atoms with E-state index in [4.69, 9.17) is 14.4 Å². The summed E-state index contributed by atoms with van der Waals surface area (Å²) < 4.78 is 7.47. The number of benzene rings is 6. The molecule has 2 aromatic heterocycles. The van der Waals surface area contributed by atoms with E-state index in [0.29, 0.717) is 0 Å². The van der Waals surface area contributed by atoms with Crippen molar-refractivity contribution in [1.82, 2.24) is 4.98 Å². The van der Waals surface area contributed by atoms with Crippen LogP contribution in [0.2, 0.25) is 12.6 Å². The molecule has 0 saturated carbocycles. The van der Waals surface area contributed by atoms with E-state index in [9.17, 15) is 0 Å². The number of rotatable bonds is 8. The number of hydrogen-bond donors (Lipinski definition) is 0. The Hall–Kier alpha value is -6.32. The number of furan rings is 1. The summed E-state index contributed by atoms with van der Waals surface area (Å²) in [5.74, 6) is 1.99. The number of hydrogen-bond acceptors (Lipinski definition) is 3. The smallest absolute Gasteiger partial charge is 0.143 e. The van der Waals surface area contributed by atoms with Crippen molar-refractivity contribution < 1.29 is 4.42 Å². The van der Waals surface area contributed by atoms with Crippen molar-refractivity contribution in [3.05, 3.63) is 185 Å². The van der Waals surface area contributed by atoms with E-state index < -0.39 is 0 Å². The molecule has 7 heteroatoms. The van der Waals surface area contributed by atoms with Crippen molar-refractivity contribution in [2.45, 2.75) is 33.4 Å². The number of pyridine rings is 1. The van der Waals surface area contributed by atoms with Gasteiger partial charge in [-0.15, -0.1) is 5.47 Å². The fourth-order valence-electron chi connectivity index (χ4n) is 9.50. The van der Waals surface area contributed by atoms with Gasteiger partial charge in [-0.25, -0.2) is 0 Å². The number of aromatic nitrogens is 1. The molecule has 0 saturated heterocycles. The zero-order valence-electron chi connectivity index (χ0n) is 35.2. The Morgan fingerprint density at radius 2 is 1.34 bits per heavy atom. The monoisotopic (exact) mass is 758 g/mol. The lowest BCUT2D eigenvalue weighted by Crippen LogP contribution is -2.08. The highest BCUT2D eigenvalue weighted by molar-refractivity contribution is 6.37. The van der Waals surface area contributed by atoms with Crippen LogP contribution in [0.3, 0.4) is 0 Å². The van der Waals surface area contributed by atoms with Crippen LogP contribution in [-0.2, 0) is 0 Å². The van der Waals surface area contributed by atoms with Gasteiger partial charge in [-0.2, -0.15) is 0 Å². The second-order valence-electron chi connectivity index (χ2n) is 15.9. The van der Waals surface area contributed by atoms with E-state index in [0.717, 1.165) is 79.8 Å². The maximum atomic E-state index is 7.47. The van der Waals surface area contributed by atoms with Crippen LogP contribution in [0.25, 0.3) is 71.8 Å². The van der Waals surface area contributed by atoms with Crippen molar-refractivity contribution in [1.29, 1.82) is 0 Å². The summed E-state index contributed by atoms with van der Waals surface area (Å²) in [5.41, 5.74) is 17.6. The number of aliphatic imine (C=N–C) groups is 1. The largest absolute Gasteiger partial charge is 0.455 e. The van der Waals surface area contributed by atoms with Gasteiger partial charge in [0.1, 0.15) is 42.9 Å². The highest BCUT2D eigenvalue weighted by Gasteiger charge is 2.35. The van der Waals surface area contributed by atoms with Crippen LogP contribution in [0, 0.1) is 12.8 Å². The summed E-state index contributed by atoms with van der Waals surface area (Å²) in [6.45, 7) is 6.71. The van der Waals surface area contributed by atoms with Crippen LogP contribution < -0.4 is 0 Å². The number of fused-ring (bicyclic) bond motifs is 4. The molecule has 8 aromatic rings. The van der Waals surface area contributed by atoms with Gasteiger partial charge >= 0.3 is 0 Å². The second-order valence-corrected chi connectivity index (χ2v) is 15.9. The van der Waals surface area contributed by atoms with Crippen molar-refractivity contribution in [3.63, 3.8) is 0 Å². The summed E-state index contributed by atoms with van der Waals surface area (Å²) in [7, 11) is 9.22. The average molecular weight is 758 g/mol. The van der Waals surface area contributed by atoms with Gasteiger partial charge in [0.2, 0.25) is 0 Å². The first kappa shape index (κ1) is 38.2. The molecule has 3 nitrogen and oxygen atoms in total. The van der Waals surface area contributed by atoms with Crippen LogP contribution in [0.5, 0.6) is 0 Å². The normalized spacial score (nSPS) is 16.4. The Morgan fingerprint density at radius 1 is 0.695 bits per heavy atom. The third-order valence-corrected chi connectivity index (χ3v) is 12.6. The van der Waals surface area contributed by atoms with Crippen molar-refractivity contribution in [2.75, 3.05) is 0 Å². The third-order valence-electron chi connectivity index (χ3n) is 12.6. The van der Waals surface area contributed by atoms with E-state index in [-0.39, 0.29) is 5.92 Å². The zero-order valence-corrected chi connectivity index (χ0v) is 35.2. The average Bonchev–Trinajstić information content (AvgIpc) is 3.77. The quantitative estimate of drug-likeness (QED) is 0.0880. The summed E-state index contributed by atoms with van der Waals surface area (Å²) in [5, 5.41) is 5.93. The summed E-state index contributed by atoms with van der Waals surface area (Å²) in [6.07, 6.45) is 3.53. The summed E-state index contributed by atoms with van der Waals surface area (Å²) >= 11 is 0. The third kappa shape index (κ3) is 6.54. The van der Waals surface area contributed by atoms with Crippen molar-refractivity contribution in [3.8, 4) is 33.8 Å². The minimum atomic E-state index is 0.197. The van der Waals surface area contributed by atoms with Gasteiger partial charge in [0, 0.05) is 39.5 Å². The molecule has 0 amide bonds.